The van der Waals surface area contributed by atoms with Gasteiger partial charge in [-0.15, -0.1) is 0 Å². The highest BCUT2D eigenvalue weighted by Crippen LogP contribution is 2.31. The molecule has 0 spiro atoms. The molecule has 3 rings (SSSR count). The zero-order valence-electron chi connectivity index (χ0n) is 8.86. The van der Waals surface area contributed by atoms with Crippen molar-refractivity contribution < 1.29 is 0 Å². The molecule has 14 heavy (non-hydrogen) atoms. The molecule has 2 unspecified atom stereocenters. The largest absolute Gasteiger partial charge is 0.326 e. The average Bonchev–Trinajstić information content (AvgIpc) is 2.76. The predicted octanol–water partition coefficient (Wildman–Crippen LogP) is 0.256. The third kappa shape index (κ3) is 1.69. The molecule has 0 aromatic heterocycles. The molecule has 2 heterocycles. The van der Waals surface area contributed by atoms with Crippen LogP contribution in [0.4, 0.5) is 0 Å². The lowest BCUT2D eigenvalue weighted by atomic mass is 10.2. The maximum absolute atomic E-state index is 5.94. The van der Waals surface area contributed by atoms with Crippen LogP contribution in [0, 0.1) is 0 Å². The van der Waals surface area contributed by atoms with E-state index in [0.29, 0.717) is 6.04 Å². The monoisotopic (exact) mass is 195 g/mol. The lowest BCUT2D eigenvalue weighted by Gasteiger charge is -2.23. The van der Waals surface area contributed by atoms with E-state index in [0.717, 1.165) is 18.6 Å². The van der Waals surface area contributed by atoms with Crippen LogP contribution in [0.2, 0.25) is 0 Å². The van der Waals surface area contributed by atoms with E-state index in [9.17, 15) is 0 Å². The molecular weight excluding hydrogens is 174 g/mol. The van der Waals surface area contributed by atoms with Crippen molar-refractivity contribution in [1.82, 2.24) is 9.80 Å². The van der Waals surface area contributed by atoms with Crippen molar-refractivity contribution in [3.63, 3.8) is 0 Å². The molecule has 3 heteroatoms. The predicted molar refractivity (Wildman–Crippen MR) is 57.2 cm³/mol. The van der Waals surface area contributed by atoms with Gasteiger partial charge in [-0.25, -0.2) is 0 Å². The highest BCUT2D eigenvalue weighted by molar-refractivity contribution is 4.94. The number of likely N-dealkylation sites (tertiary alicyclic amines) is 2. The van der Waals surface area contributed by atoms with E-state index < -0.39 is 0 Å². The lowest BCUT2D eigenvalue weighted by Crippen LogP contribution is -2.37. The molecule has 1 saturated carbocycles. The second-order valence-electron chi connectivity index (χ2n) is 5.21. The van der Waals surface area contributed by atoms with Crippen molar-refractivity contribution in [2.45, 2.75) is 43.8 Å². The smallest absolute Gasteiger partial charge is 0.0236 e. The van der Waals surface area contributed by atoms with Gasteiger partial charge in [-0.05, 0) is 25.7 Å². The fraction of sp³-hybridized carbons (Fsp3) is 1.00. The Morgan fingerprint density at radius 3 is 2.14 bits per heavy atom. The van der Waals surface area contributed by atoms with Gasteiger partial charge in [0.05, 0.1) is 0 Å². The first-order chi connectivity index (χ1) is 6.83. The van der Waals surface area contributed by atoms with Crippen LogP contribution in [0.15, 0.2) is 0 Å². The fourth-order valence-electron chi connectivity index (χ4n) is 2.98. The van der Waals surface area contributed by atoms with Crippen LogP contribution in [-0.2, 0) is 0 Å². The first-order valence-corrected chi connectivity index (χ1v) is 6.06. The summed E-state index contributed by atoms with van der Waals surface area (Å²) >= 11 is 0. The number of nitrogens with two attached hydrogens (primary N) is 1. The van der Waals surface area contributed by atoms with Crippen LogP contribution in [-0.4, -0.2) is 54.1 Å². The third-order valence-corrected chi connectivity index (χ3v) is 4.03. The Balaban J connectivity index is 1.54. The minimum absolute atomic E-state index is 0.449. The van der Waals surface area contributed by atoms with Gasteiger partial charge in [-0.1, -0.05) is 0 Å². The number of hydrogen-bond donors (Lipinski definition) is 1. The maximum atomic E-state index is 5.94. The normalized spacial score (nSPS) is 40.9. The highest BCUT2D eigenvalue weighted by Gasteiger charge is 2.37. The third-order valence-electron chi connectivity index (χ3n) is 4.03. The van der Waals surface area contributed by atoms with E-state index in [4.69, 9.17) is 5.73 Å². The van der Waals surface area contributed by atoms with Crippen molar-refractivity contribution in [2.24, 2.45) is 5.73 Å². The minimum Gasteiger partial charge on any atom is -0.326 e. The first-order valence-electron chi connectivity index (χ1n) is 6.06. The minimum atomic E-state index is 0.449. The Labute approximate surface area is 86.2 Å². The molecule has 0 radical (unpaired) electrons. The Hall–Kier alpha value is -0.120. The van der Waals surface area contributed by atoms with Crippen LogP contribution in [0.3, 0.4) is 0 Å². The molecule has 0 amide bonds. The molecule has 0 bridgehead atoms. The molecule has 3 aliphatic rings. The standard InChI is InChI=1S/C11H21N3/c12-9-3-5-13(7-9)11-4-6-14(8-11)10-1-2-10/h9-11H,1-8,12H2. The van der Waals surface area contributed by atoms with Crippen LogP contribution in [0.25, 0.3) is 0 Å². The van der Waals surface area contributed by atoms with Gasteiger partial charge in [-0.2, -0.15) is 0 Å². The molecule has 2 aliphatic heterocycles. The summed E-state index contributed by atoms with van der Waals surface area (Å²) in [5.74, 6) is 0. The molecule has 2 atom stereocenters. The summed E-state index contributed by atoms with van der Waals surface area (Å²) < 4.78 is 0. The van der Waals surface area contributed by atoms with Crippen LogP contribution in [0.1, 0.15) is 25.7 Å². The molecule has 3 fully saturated rings. The maximum Gasteiger partial charge on any atom is 0.0236 e. The van der Waals surface area contributed by atoms with Crippen molar-refractivity contribution in [3.05, 3.63) is 0 Å². The first kappa shape index (κ1) is 9.13. The van der Waals surface area contributed by atoms with E-state index in [-0.39, 0.29) is 0 Å². The highest BCUT2D eigenvalue weighted by atomic mass is 15.3. The van der Waals surface area contributed by atoms with Gasteiger partial charge in [0, 0.05) is 44.3 Å². The fourth-order valence-corrected chi connectivity index (χ4v) is 2.98. The quantitative estimate of drug-likeness (QED) is 0.686. The molecule has 2 N–H and O–H groups in total. The second kappa shape index (κ2) is 3.47. The summed E-state index contributed by atoms with van der Waals surface area (Å²) in [5, 5.41) is 0. The Kier molecular flexibility index (Phi) is 2.26. The van der Waals surface area contributed by atoms with E-state index in [1.54, 1.807) is 0 Å². The number of hydrogen-bond acceptors (Lipinski definition) is 3. The van der Waals surface area contributed by atoms with Crippen LogP contribution < -0.4 is 5.73 Å². The van der Waals surface area contributed by atoms with Crippen molar-refractivity contribution in [2.75, 3.05) is 26.2 Å². The topological polar surface area (TPSA) is 32.5 Å². The van der Waals surface area contributed by atoms with E-state index in [1.165, 1.54) is 45.3 Å². The molecule has 0 aromatic carbocycles. The number of nitrogens with zero attached hydrogens (tertiary/aromatic N) is 2. The molecule has 1 aliphatic carbocycles. The summed E-state index contributed by atoms with van der Waals surface area (Å²) in [6, 6.07) is 2.23. The van der Waals surface area contributed by atoms with E-state index in [2.05, 4.69) is 9.80 Å². The van der Waals surface area contributed by atoms with Crippen molar-refractivity contribution >= 4 is 0 Å². The summed E-state index contributed by atoms with van der Waals surface area (Å²) in [6.07, 6.45) is 5.49. The summed E-state index contributed by atoms with van der Waals surface area (Å²) in [6.45, 7) is 5.03. The Morgan fingerprint density at radius 2 is 1.50 bits per heavy atom. The molecule has 3 nitrogen and oxygen atoms in total. The van der Waals surface area contributed by atoms with Gasteiger partial charge in [0.25, 0.3) is 0 Å². The van der Waals surface area contributed by atoms with Gasteiger partial charge >= 0.3 is 0 Å². The summed E-state index contributed by atoms with van der Waals surface area (Å²) in [7, 11) is 0. The van der Waals surface area contributed by atoms with Gasteiger partial charge in [0.1, 0.15) is 0 Å². The van der Waals surface area contributed by atoms with Gasteiger partial charge in [0.2, 0.25) is 0 Å². The zero-order valence-corrected chi connectivity index (χ0v) is 8.86. The van der Waals surface area contributed by atoms with Crippen molar-refractivity contribution in [3.8, 4) is 0 Å². The van der Waals surface area contributed by atoms with Crippen molar-refractivity contribution in [1.29, 1.82) is 0 Å². The Bertz CT molecular complexity index is 215. The molecule has 2 saturated heterocycles. The molecular formula is C11H21N3. The molecule has 80 valence electrons. The van der Waals surface area contributed by atoms with Crippen LogP contribution >= 0.6 is 0 Å². The van der Waals surface area contributed by atoms with Crippen LogP contribution in [0.5, 0.6) is 0 Å². The SMILES string of the molecule is NC1CCN(C2CCN(C3CC3)C2)C1. The molecule has 0 aromatic rings. The number of rotatable bonds is 2. The second-order valence-corrected chi connectivity index (χ2v) is 5.21. The lowest BCUT2D eigenvalue weighted by molar-refractivity contribution is 0.227. The van der Waals surface area contributed by atoms with Gasteiger partial charge < -0.3 is 5.73 Å². The zero-order chi connectivity index (χ0) is 9.54. The summed E-state index contributed by atoms with van der Waals surface area (Å²) in [5.41, 5.74) is 5.94. The van der Waals surface area contributed by atoms with E-state index in [1.807, 2.05) is 0 Å². The summed E-state index contributed by atoms with van der Waals surface area (Å²) in [4.78, 5) is 5.31. The van der Waals surface area contributed by atoms with E-state index >= 15 is 0 Å². The Morgan fingerprint density at radius 1 is 0.786 bits per heavy atom. The van der Waals surface area contributed by atoms with Gasteiger partial charge in [0.15, 0.2) is 0 Å². The van der Waals surface area contributed by atoms with Gasteiger partial charge in [-0.3, -0.25) is 9.80 Å². The average molecular weight is 195 g/mol.